The summed E-state index contributed by atoms with van der Waals surface area (Å²) in [6.07, 6.45) is 0.373. The lowest BCUT2D eigenvalue weighted by Gasteiger charge is -2.24. The number of hydrogen-bond acceptors (Lipinski definition) is 3. The predicted molar refractivity (Wildman–Crippen MR) is 78.6 cm³/mol. The molecule has 0 aromatic heterocycles. The van der Waals surface area contributed by atoms with Gasteiger partial charge in [-0.15, -0.1) is 11.6 Å². The molecule has 0 fully saturated rings. The minimum Gasteiger partial charge on any atom is -0.458 e. The first kappa shape index (κ1) is 16.5. The van der Waals surface area contributed by atoms with Crippen molar-refractivity contribution < 1.29 is 14.3 Å². The monoisotopic (exact) mass is 297 g/mol. The van der Waals surface area contributed by atoms with E-state index in [9.17, 15) is 9.59 Å². The molecule has 1 aromatic rings. The predicted octanol–water partition coefficient (Wildman–Crippen LogP) is 2.29. The lowest BCUT2D eigenvalue weighted by atomic mass is 10.1. The first-order valence-corrected chi connectivity index (χ1v) is 6.97. The van der Waals surface area contributed by atoms with Crippen molar-refractivity contribution in [1.29, 1.82) is 0 Å². The Balaban J connectivity index is 2.79. The maximum Gasteiger partial charge on any atom is 0.329 e. The molecule has 0 saturated carbocycles. The van der Waals surface area contributed by atoms with E-state index in [1.807, 2.05) is 30.3 Å². The SMILES string of the molecule is CC(C)(C)OC(=O)[C@@H](Cc1ccccc1)NC(=O)CCl. The van der Waals surface area contributed by atoms with E-state index in [1.165, 1.54) is 0 Å². The summed E-state index contributed by atoms with van der Waals surface area (Å²) in [5.74, 6) is -1.04. The molecule has 0 aliphatic carbocycles. The van der Waals surface area contributed by atoms with Gasteiger partial charge in [-0.25, -0.2) is 4.79 Å². The summed E-state index contributed by atoms with van der Waals surface area (Å²) in [5, 5.41) is 2.59. The Kier molecular flexibility index (Phi) is 6.02. The van der Waals surface area contributed by atoms with Gasteiger partial charge in [0.05, 0.1) is 0 Å². The summed E-state index contributed by atoms with van der Waals surface area (Å²) >= 11 is 5.47. The van der Waals surface area contributed by atoms with Gasteiger partial charge in [0.25, 0.3) is 0 Å². The highest BCUT2D eigenvalue weighted by Gasteiger charge is 2.26. The van der Waals surface area contributed by atoms with Crippen molar-refractivity contribution in [2.75, 3.05) is 5.88 Å². The van der Waals surface area contributed by atoms with Crippen LogP contribution in [0.2, 0.25) is 0 Å². The summed E-state index contributed by atoms with van der Waals surface area (Å²) < 4.78 is 5.32. The number of ether oxygens (including phenoxy) is 1. The van der Waals surface area contributed by atoms with Crippen LogP contribution in [0, 0.1) is 0 Å². The Bertz CT molecular complexity index is 454. The van der Waals surface area contributed by atoms with Crippen LogP contribution in [0.1, 0.15) is 26.3 Å². The fourth-order valence-corrected chi connectivity index (χ4v) is 1.73. The normalized spacial score (nSPS) is 12.6. The molecule has 0 aliphatic heterocycles. The molecule has 1 N–H and O–H groups in total. The zero-order valence-corrected chi connectivity index (χ0v) is 12.7. The van der Waals surface area contributed by atoms with Crippen molar-refractivity contribution in [3.05, 3.63) is 35.9 Å². The molecule has 1 atom stereocenters. The van der Waals surface area contributed by atoms with E-state index in [1.54, 1.807) is 20.8 Å². The summed E-state index contributed by atoms with van der Waals surface area (Å²) in [4.78, 5) is 23.6. The van der Waals surface area contributed by atoms with E-state index in [0.29, 0.717) is 6.42 Å². The third kappa shape index (κ3) is 6.06. The molecule has 110 valence electrons. The Morgan fingerprint density at radius 2 is 1.85 bits per heavy atom. The second-order valence-electron chi connectivity index (χ2n) is 5.48. The average molecular weight is 298 g/mol. The molecule has 0 unspecified atom stereocenters. The first-order valence-electron chi connectivity index (χ1n) is 6.44. The second-order valence-corrected chi connectivity index (χ2v) is 5.74. The molecular formula is C15H20ClNO3. The molecule has 1 rings (SSSR count). The van der Waals surface area contributed by atoms with E-state index >= 15 is 0 Å². The third-order valence-corrected chi connectivity index (χ3v) is 2.67. The van der Waals surface area contributed by atoms with Crippen molar-refractivity contribution in [2.45, 2.75) is 38.8 Å². The quantitative estimate of drug-likeness (QED) is 0.670. The Hall–Kier alpha value is -1.55. The molecule has 0 bridgehead atoms. The third-order valence-electron chi connectivity index (χ3n) is 2.43. The molecule has 1 amide bonds. The van der Waals surface area contributed by atoms with Gasteiger partial charge in [-0.1, -0.05) is 30.3 Å². The largest absolute Gasteiger partial charge is 0.458 e. The zero-order chi connectivity index (χ0) is 15.2. The van der Waals surface area contributed by atoms with Crippen LogP contribution in [0.15, 0.2) is 30.3 Å². The Labute approximate surface area is 124 Å². The van der Waals surface area contributed by atoms with Gasteiger partial charge in [-0.3, -0.25) is 4.79 Å². The van der Waals surface area contributed by atoms with Crippen LogP contribution in [0.4, 0.5) is 0 Å². The summed E-state index contributed by atoms with van der Waals surface area (Å²) in [5.41, 5.74) is 0.343. The van der Waals surface area contributed by atoms with Crippen LogP contribution in [-0.2, 0) is 20.7 Å². The second kappa shape index (κ2) is 7.29. The van der Waals surface area contributed by atoms with Gasteiger partial charge in [0.15, 0.2) is 0 Å². The molecule has 0 radical (unpaired) electrons. The van der Waals surface area contributed by atoms with Crippen LogP contribution in [0.5, 0.6) is 0 Å². The minimum atomic E-state index is -0.733. The summed E-state index contributed by atoms with van der Waals surface area (Å²) in [6, 6.07) is 8.70. The van der Waals surface area contributed by atoms with Crippen LogP contribution >= 0.6 is 11.6 Å². The van der Waals surface area contributed by atoms with Crippen molar-refractivity contribution in [2.24, 2.45) is 0 Å². The van der Waals surface area contributed by atoms with Gasteiger partial charge >= 0.3 is 5.97 Å². The Morgan fingerprint density at radius 1 is 1.25 bits per heavy atom. The number of carbonyl (C=O) groups is 2. The number of halogens is 1. The number of benzene rings is 1. The molecule has 5 heteroatoms. The van der Waals surface area contributed by atoms with E-state index in [2.05, 4.69) is 5.32 Å². The maximum atomic E-state index is 12.1. The number of alkyl halides is 1. The molecule has 0 aliphatic rings. The van der Waals surface area contributed by atoms with Crippen molar-refractivity contribution in [3.63, 3.8) is 0 Å². The smallest absolute Gasteiger partial charge is 0.329 e. The molecule has 4 nitrogen and oxygen atoms in total. The highest BCUT2D eigenvalue weighted by molar-refractivity contribution is 6.27. The molecule has 0 spiro atoms. The van der Waals surface area contributed by atoms with E-state index in [4.69, 9.17) is 16.3 Å². The van der Waals surface area contributed by atoms with Gasteiger partial charge in [-0.05, 0) is 26.3 Å². The van der Waals surface area contributed by atoms with Gasteiger partial charge < -0.3 is 10.1 Å². The molecular weight excluding hydrogens is 278 g/mol. The van der Waals surface area contributed by atoms with Crippen molar-refractivity contribution in [3.8, 4) is 0 Å². The average Bonchev–Trinajstić information content (AvgIpc) is 2.37. The van der Waals surface area contributed by atoms with E-state index in [0.717, 1.165) is 5.56 Å². The molecule has 1 aromatic carbocycles. The number of carbonyl (C=O) groups excluding carboxylic acids is 2. The summed E-state index contributed by atoms with van der Waals surface area (Å²) in [6.45, 7) is 5.36. The van der Waals surface area contributed by atoms with Crippen molar-refractivity contribution >= 4 is 23.5 Å². The number of amides is 1. The lowest BCUT2D eigenvalue weighted by Crippen LogP contribution is -2.46. The maximum absolute atomic E-state index is 12.1. The number of hydrogen-bond donors (Lipinski definition) is 1. The number of esters is 1. The fourth-order valence-electron chi connectivity index (χ4n) is 1.65. The molecule has 20 heavy (non-hydrogen) atoms. The fraction of sp³-hybridized carbons (Fsp3) is 0.467. The van der Waals surface area contributed by atoms with Crippen LogP contribution in [0.25, 0.3) is 0 Å². The number of rotatable bonds is 5. The number of nitrogens with one attached hydrogen (secondary N) is 1. The van der Waals surface area contributed by atoms with Gasteiger partial charge in [0.2, 0.25) is 5.91 Å². The lowest BCUT2D eigenvalue weighted by molar-refractivity contribution is -0.158. The van der Waals surface area contributed by atoms with Crippen LogP contribution in [0.3, 0.4) is 0 Å². The minimum absolute atomic E-state index is 0.186. The van der Waals surface area contributed by atoms with Gasteiger partial charge in [0, 0.05) is 6.42 Å². The van der Waals surface area contributed by atoms with Crippen molar-refractivity contribution in [1.82, 2.24) is 5.32 Å². The topological polar surface area (TPSA) is 55.4 Å². The van der Waals surface area contributed by atoms with Crippen LogP contribution < -0.4 is 5.32 Å². The highest BCUT2D eigenvalue weighted by atomic mass is 35.5. The van der Waals surface area contributed by atoms with E-state index in [-0.39, 0.29) is 5.88 Å². The molecule has 0 heterocycles. The molecule has 0 saturated heterocycles. The highest BCUT2D eigenvalue weighted by Crippen LogP contribution is 2.11. The summed E-state index contributed by atoms with van der Waals surface area (Å²) in [7, 11) is 0. The van der Waals surface area contributed by atoms with Gasteiger partial charge in [-0.2, -0.15) is 0 Å². The zero-order valence-electron chi connectivity index (χ0n) is 12.0. The van der Waals surface area contributed by atoms with Gasteiger partial charge in [0.1, 0.15) is 17.5 Å². The van der Waals surface area contributed by atoms with E-state index < -0.39 is 23.5 Å². The van der Waals surface area contributed by atoms with Crippen LogP contribution in [-0.4, -0.2) is 29.4 Å². The first-order chi connectivity index (χ1) is 9.31. The standard InChI is InChI=1S/C15H20ClNO3/c1-15(2,3)20-14(19)12(17-13(18)10-16)9-11-7-5-4-6-8-11/h4-8,12H,9-10H2,1-3H3,(H,17,18)/t12-/m1/s1. The Morgan fingerprint density at radius 3 is 2.35 bits per heavy atom.